The number of nitrogens with zero attached hydrogens (tertiary/aromatic N) is 1. The van der Waals surface area contributed by atoms with Crippen LogP contribution in [0.1, 0.15) is 5.56 Å². The molecule has 142 valence electrons. The molecule has 0 fully saturated rings. The number of hydrogen-bond acceptors (Lipinski definition) is 4. The Bertz CT molecular complexity index is 1000. The summed E-state index contributed by atoms with van der Waals surface area (Å²) >= 11 is 0. The van der Waals surface area contributed by atoms with E-state index < -0.39 is 0 Å². The summed E-state index contributed by atoms with van der Waals surface area (Å²) in [4.78, 5) is 0. The lowest BCUT2D eigenvalue weighted by Crippen LogP contribution is -3.00. The molecule has 6 heteroatoms. The standard InChI is InChI=1S/C21H22NO4.ClH/c1-23-18-9-13-7-8-22-16(15(13)11-20(18)25-3)6-5-14-10-19(24-2)21(26-4)12-17(14)22;/h5-6,9-12H,7-8H2,1-4H3;1H/q+1;/p-1. The summed E-state index contributed by atoms with van der Waals surface area (Å²) in [7, 11) is 6.66. The van der Waals surface area contributed by atoms with Crippen molar-refractivity contribution in [1.29, 1.82) is 0 Å². The predicted octanol–water partition coefficient (Wildman–Crippen LogP) is 0.389. The van der Waals surface area contributed by atoms with E-state index in [0.717, 1.165) is 52.6 Å². The number of fused-ring (bicyclic) bond motifs is 5. The number of halogens is 1. The molecular formula is C21H22ClNO4. The molecule has 0 saturated carbocycles. The van der Waals surface area contributed by atoms with E-state index in [9.17, 15) is 0 Å². The van der Waals surface area contributed by atoms with Crippen molar-refractivity contribution in [3.63, 3.8) is 0 Å². The van der Waals surface area contributed by atoms with Gasteiger partial charge in [0.1, 0.15) is 0 Å². The van der Waals surface area contributed by atoms with Crippen LogP contribution in [0.15, 0.2) is 36.4 Å². The zero-order valence-corrected chi connectivity index (χ0v) is 16.6. The van der Waals surface area contributed by atoms with Gasteiger partial charge >= 0.3 is 0 Å². The van der Waals surface area contributed by atoms with E-state index in [1.54, 1.807) is 28.4 Å². The first-order chi connectivity index (χ1) is 12.7. The molecule has 0 atom stereocenters. The summed E-state index contributed by atoms with van der Waals surface area (Å²) in [6.07, 6.45) is 0.931. The first-order valence-corrected chi connectivity index (χ1v) is 8.54. The average molecular weight is 388 g/mol. The van der Waals surface area contributed by atoms with Crippen LogP contribution in [0, 0.1) is 0 Å². The summed E-state index contributed by atoms with van der Waals surface area (Å²) in [5.41, 5.74) is 4.72. The number of pyridine rings is 1. The third-order valence-corrected chi connectivity index (χ3v) is 5.03. The van der Waals surface area contributed by atoms with Crippen molar-refractivity contribution in [2.75, 3.05) is 28.4 Å². The van der Waals surface area contributed by atoms with Crippen molar-refractivity contribution >= 4 is 10.9 Å². The Labute approximate surface area is 164 Å². The Morgan fingerprint density at radius 3 is 2.00 bits per heavy atom. The molecule has 3 aromatic rings. The Morgan fingerprint density at radius 2 is 1.33 bits per heavy atom. The highest BCUT2D eigenvalue weighted by atomic mass is 35.5. The van der Waals surface area contributed by atoms with Gasteiger partial charge in [-0.15, -0.1) is 0 Å². The van der Waals surface area contributed by atoms with E-state index in [1.807, 2.05) is 12.1 Å². The molecule has 0 unspecified atom stereocenters. The van der Waals surface area contributed by atoms with Gasteiger partial charge in [-0.05, 0) is 29.8 Å². The smallest absolute Gasteiger partial charge is 0.217 e. The largest absolute Gasteiger partial charge is 1.00 e. The molecule has 0 radical (unpaired) electrons. The lowest BCUT2D eigenvalue weighted by atomic mass is 9.95. The van der Waals surface area contributed by atoms with E-state index in [4.69, 9.17) is 18.9 Å². The molecule has 0 saturated heterocycles. The van der Waals surface area contributed by atoms with Gasteiger partial charge in [0.05, 0.1) is 45.5 Å². The number of ether oxygens (including phenoxy) is 4. The summed E-state index contributed by atoms with van der Waals surface area (Å²) in [5.74, 6) is 2.99. The van der Waals surface area contributed by atoms with Gasteiger partial charge in [0, 0.05) is 12.5 Å². The van der Waals surface area contributed by atoms with Gasteiger partial charge in [0.2, 0.25) is 11.2 Å². The van der Waals surface area contributed by atoms with Crippen LogP contribution >= 0.6 is 0 Å². The number of aryl methyl sites for hydroxylation is 2. The second-order valence-electron chi connectivity index (χ2n) is 6.25. The maximum Gasteiger partial charge on any atom is 0.217 e. The van der Waals surface area contributed by atoms with Crippen LogP contribution in [0.2, 0.25) is 0 Å². The molecule has 0 bridgehead atoms. The number of methoxy groups -OCH3 is 4. The Kier molecular flexibility index (Phi) is 5.33. The fourth-order valence-electron chi connectivity index (χ4n) is 3.71. The molecule has 27 heavy (non-hydrogen) atoms. The molecule has 4 rings (SSSR count). The molecule has 1 aromatic heterocycles. The zero-order chi connectivity index (χ0) is 18.3. The average Bonchev–Trinajstić information content (AvgIpc) is 2.70. The van der Waals surface area contributed by atoms with Crippen LogP contribution in [0.5, 0.6) is 23.0 Å². The van der Waals surface area contributed by atoms with Crippen LogP contribution in [0.25, 0.3) is 22.2 Å². The quantitative estimate of drug-likeness (QED) is 0.607. The summed E-state index contributed by atoms with van der Waals surface area (Å²) < 4.78 is 24.2. The van der Waals surface area contributed by atoms with Crippen LogP contribution in [0.4, 0.5) is 0 Å². The van der Waals surface area contributed by atoms with E-state index in [2.05, 4.69) is 28.8 Å². The van der Waals surface area contributed by atoms with E-state index in [1.165, 1.54) is 11.1 Å². The van der Waals surface area contributed by atoms with Gasteiger partial charge < -0.3 is 31.4 Å². The Balaban J connectivity index is 0.00000210. The minimum atomic E-state index is 0. The first kappa shape index (κ1) is 19.1. The Morgan fingerprint density at radius 1 is 0.741 bits per heavy atom. The third kappa shape index (κ3) is 3.02. The SMILES string of the molecule is COc1cc2c(cc1OC)-c1ccc3cc(OC)c(OC)cc3[n+]1CC2.[Cl-]. The van der Waals surface area contributed by atoms with Crippen molar-refractivity contribution in [2.45, 2.75) is 13.0 Å². The number of benzene rings is 2. The van der Waals surface area contributed by atoms with E-state index in [0.29, 0.717) is 0 Å². The van der Waals surface area contributed by atoms with Crippen molar-refractivity contribution in [2.24, 2.45) is 0 Å². The van der Waals surface area contributed by atoms with Crippen LogP contribution < -0.4 is 35.9 Å². The fraction of sp³-hybridized carbons (Fsp3) is 0.286. The number of hydrogen-bond donors (Lipinski definition) is 0. The molecule has 2 aromatic carbocycles. The molecule has 0 aliphatic carbocycles. The predicted molar refractivity (Wildman–Crippen MR) is 99.5 cm³/mol. The molecule has 1 aliphatic rings. The van der Waals surface area contributed by atoms with Crippen molar-refractivity contribution in [1.82, 2.24) is 0 Å². The van der Waals surface area contributed by atoms with Crippen LogP contribution in [-0.2, 0) is 13.0 Å². The van der Waals surface area contributed by atoms with Gasteiger partial charge in [-0.2, -0.15) is 4.57 Å². The minimum absolute atomic E-state index is 0. The molecular weight excluding hydrogens is 366 g/mol. The molecule has 2 heterocycles. The van der Waals surface area contributed by atoms with Crippen molar-refractivity contribution in [3.8, 4) is 34.3 Å². The number of aromatic nitrogens is 1. The number of rotatable bonds is 4. The second-order valence-corrected chi connectivity index (χ2v) is 6.25. The molecule has 0 spiro atoms. The lowest BCUT2D eigenvalue weighted by Gasteiger charge is -2.19. The maximum absolute atomic E-state index is 5.50. The first-order valence-electron chi connectivity index (χ1n) is 8.54. The highest BCUT2D eigenvalue weighted by molar-refractivity contribution is 5.82. The summed E-state index contributed by atoms with van der Waals surface area (Å²) in [5, 5.41) is 1.12. The monoisotopic (exact) mass is 387 g/mol. The normalized spacial score (nSPS) is 11.9. The van der Waals surface area contributed by atoms with Gasteiger partial charge in [0.25, 0.3) is 0 Å². The van der Waals surface area contributed by atoms with Crippen LogP contribution in [0.3, 0.4) is 0 Å². The molecule has 5 nitrogen and oxygen atoms in total. The molecule has 0 N–H and O–H groups in total. The van der Waals surface area contributed by atoms with E-state index >= 15 is 0 Å². The van der Waals surface area contributed by atoms with Crippen LogP contribution in [-0.4, -0.2) is 28.4 Å². The van der Waals surface area contributed by atoms with Crippen molar-refractivity contribution in [3.05, 3.63) is 42.0 Å². The fourth-order valence-corrected chi connectivity index (χ4v) is 3.71. The lowest BCUT2D eigenvalue weighted by molar-refractivity contribution is -0.661. The van der Waals surface area contributed by atoms with Gasteiger partial charge in [-0.3, -0.25) is 0 Å². The topological polar surface area (TPSA) is 40.8 Å². The van der Waals surface area contributed by atoms with Gasteiger partial charge in [0.15, 0.2) is 29.5 Å². The summed E-state index contributed by atoms with van der Waals surface area (Å²) in [6, 6.07) is 12.5. The highest BCUT2D eigenvalue weighted by Gasteiger charge is 2.27. The zero-order valence-electron chi connectivity index (χ0n) is 15.8. The molecule has 0 amide bonds. The van der Waals surface area contributed by atoms with Crippen molar-refractivity contribution < 1.29 is 35.9 Å². The van der Waals surface area contributed by atoms with Gasteiger partial charge in [-0.25, -0.2) is 0 Å². The molecule has 1 aliphatic heterocycles. The maximum atomic E-state index is 5.50. The van der Waals surface area contributed by atoms with E-state index in [-0.39, 0.29) is 12.4 Å². The third-order valence-electron chi connectivity index (χ3n) is 5.03. The summed E-state index contributed by atoms with van der Waals surface area (Å²) in [6.45, 7) is 0.893. The van der Waals surface area contributed by atoms with Gasteiger partial charge in [-0.1, -0.05) is 0 Å². The second kappa shape index (κ2) is 7.53. The Hall–Kier alpha value is -2.66. The highest BCUT2D eigenvalue weighted by Crippen LogP contribution is 2.38. The minimum Gasteiger partial charge on any atom is -1.00 e.